The van der Waals surface area contributed by atoms with Crippen LogP contribution in [0, 0.1) is 0 Å². The summed E-state index contributed by atoms with van der Waals surface area (Å²) in [5, 5.41) is 16.3. The molecule has 1 aliphatic heterocycles. The standard InChI is InChI=1S/C15H18N2O3/c18-10-15(7-4-8-15)16-14(19)13-9-12(17-20-13)11-5-2-1-3-6-11/h1-3,5-6,13,18H,4,7-10H2,(H,16,19). The van der Waals surface area contributed by atoms with Crippen LogP contribution in [-0.2, 0) is 9.63 Å². The molecule has 0 bridgehead atoms. The van der Waals surface area contributed by atoms with Gasteiger partial charge < -0.3 is 15.3 Å². The fourth-order valence-corrected chi connectivity index (χ4v) is 2.59. The Kier molecular flexibility index (Phi) is 3.44. The molecular weight excluding hydrogens is 256 g/mol. The minimum Gasteiger partial charge on any atom is -0.394 e. The fourth-order valence-electron chi connectivity index (χ4n) is 2.59. The van der Waals surface area contributed by atoms with E-state index in [1.165, 1.54) is 0 Å². The van der Waals surface area contributed by atoms with Crippen LogP contribution in [-0.4, -0.2) is 35.0 Å². The molecule has 2 aliphatic rings. The molecule has 3 rings (SSSR count). The van der Waals surface area contributed by atoms with Gasteiger partial charge >= 0.3 is 0 Å². The molecule has 106 valence electrons. The van der Waals surface area contributed by atoms with E-state index in [4.69, 9.17) is 4.84 Å². The number of oxime groups is 1. The van der Waals surface area contributed by atoms with Crippen molar-refractivity contribution in [2.24, 2.45) is 5.16 Å². The Balaban J connectivity index is 1.60. The molecule has 1 aromatic carbocycles. The fraction of sp³-hybridized carbons (Fsp3) is 0.467. The van der Waals surface area contributed by atoms with E-state index < -0.39 is 11.6 Å². The minimum absolute atomic E-state index is 0.0160. The molecule has 0 aromatic heterocycles. The van der Waals surface area contributed by atoms with Crippen LogP contribution in [0.2, 0.25) is 0 Å². The lowest BCUT2D eigenvalue weighted by Gasteiger charge is -2.41. The van der Waals surface area contributed by atoms with E-state index in [0.29, 0.717) is 6.42 Å². The molecule has 1 aliphatic carbocycles. The van der Waals surface area contributed by atoms with Gasteiger partial charge in [-0.15, -0.1) is 0 Å². The van der Waals surface area contributed by atoms with E-state index >= 15 is 0 Å². The number of benzene rings is 1. The van der Waals surface area contributed by atoms with Crippen molar-refractivity contribution in [3.8, 4) is 0 Å². The minimum atomic E-state index is -0.589. The third kappa shape index (κ3) is 2.41. The summed E-state index contributed by atoms with van der Waals surface area (Å²) in [6.07, 6.45) is 2.58. The van der Waals surface area contributed by atoms with Gasteiger partial charge in [-0.25, -0.2) is 0 Å². The van der Waals surface area contributed by atoms with Crippen molar-refractivity contribution < 1.29 is 14.7 Å². The van der Waals surface area contributed by atoms with Gasteiger partial charge in [-0.2, -0.15) is 0 Å². The maximum Gasteiger partial charge on any atom is 0.264 e. The Bertz CT molecular complexity index is 518. The van der Waals surface area contributed by atoms with Crippen LogP contribution >= 0.6 is 0 Å². The van der Waals surface area contributed by atoms with Crippen molar-refractivity contribution in [1.29, 1.82) is 0 Å². The Labute approximate surface area is 117 Å². The molecule has 1 heterocycles. The molecular formula is C15H18N2O3. The van der Waals surface area contributed by atoms with Crippen LogP contribution in [0.1, 0.15) is 31.2 Å². The largest absolute Gasteiger partial charge is 0.394 e. The number of carbonyl (C=O) groups excluding carboxylic acids is 1. The highest BCUT2D eigenvalue weighted by atomic mass is 16.6. The first kappa shape index (κ1) is 13.1. The molecule has 2 N–H and O–H groups in total. The Morgan fingerprint density at radius 3 is 2.75 bits per heavy atom. The third-order valence-electron chi connectivity index (χ3n) is 4.07. The van der Waals surface area contributed by atoms with Crippen LogP contribution in [0.4, 0.5) is 0 Å². The summed E-state index contributed by atoms with van der Waals surface area (Å²) in [5.41, 5.74) is 1.33. The summed E-state index contributed by atoms with van der Waals surface area (Å²) in [6.45, 7) is -0.0160. The van der Waals surface area contributed by atoms with E-state index in [2.05, 4.69) is 10.5 Å². The van der Waals surface area contributed by atoms with Crippen LogP contribution < -0.4 is 5.32 Å². The smallest absolute Gasteiger partial charge is 0.264 e. The Morgan fingerprint density at radius 1 is 1.40 bits per heavy atom. The van der Waals surface area contributed by atoms with Gasteiger partial charge in [-0.3, -0.25) is 4.79 Å². The molecule has 1 aromatic rings. The lowest BCUT2D eigenvalue weighted by atomic mass is 9.77. The lowest BCUT2D eigenvalue weighted by molar-refractivity contribution is -0.135. The number of carbonyl (C=O) groups is 1. The van der Waals surface area contributed by atoms with Crippen LogP contribution in [0.15, 0.2) is 35.5 Å². The van der Waals surface area contributed by atoms with Gasteiger partial charge in [0.05, 0.1) is 17.9 Å². The summed E-state index contributed by atoms with van der Waals surface area (Å²) in [6, 6.07) is 9.69. The van der Waals surface area contributed by atoms with Crippen molar-refractivity contribution >= 4 is 11.6 Å². The Hall–Kier alpha value is -1.88. The summed E-state index contributed by atoms with van der Waals surface area (Å²) < 4.78 is 0. The molecule has 0 spiro atoms. The maximum absolute atomic E-state index is 12.2. The monoisotopic (exact) mass is 274 g/mol. The van der Waals surface area contributed by atoms with Gasteiger partial charge in [0, 0.05) is 6.42 Å². The number of aliphatic hydroxyl groups excluding tert-OH is 1. The van der Waals surface area contributed by atoms with Gasteiger partial charge in [-0.1, -0.05) is 35.5 Å². The van der Waals surface area contributed by atoms with E-state index in [1.807, 2.05) is 30.3 Å². The molecule has 1 fully saturated rings. The number of rotatable bonds is 4. The summed E-state index contributed by atoms with van der Waals surface area (Å²) in [5.74, 6) is -0.187. The first-order valence-corrected chi connectivity index (χ1v) is 6.93. The van der Waals surface area contributed by atoms with Crippen molar-refractivity contribution in [3.63, 3.8) is 0 Å². The SMILES string of the molecule is O=C(NC1(CO)CCC1)C1CC(c2ccccc2)=NO1. The zero-order valence-electron chi connectivity index (χ0n) is 11.2. The molecule has 0 radical (unpaired) electrons. The molecule has 5 heteroatoms. The molecule has 1 unspecified atom stereocenters. The predicted octanol–water partition coefficient (Wildman–Crippen LogP) is 1.21. The second kappa shape index (κ2) is 5.25. The molecule has 1 saturated carbocycles. The lowest BCUT2D eigenvalue weighted by Crippen LogP contribution is -2.58. The van der Waals surface area contributed by atoms with Crippen molar-refractivity contribution in [2.75, 3.05) is 6.61 Å². The highest BCUT2D eigenvalue weighted by Gasteiger charge is 2.40. The Morgan fingerprint density at radius 2 is 2.15 bits per heavy atom. The zero-order valence-corrected chi connectivity index (χ0v) is 11.2. The highest BCUT2D eigenvalue weighted by Crippen LogP contribution is 2.31. The summed E-state index contributed by atoms with van der Waals surface area (Å²) in [7, 11) is 0. The number of amides is 1. The molecule has 1 atom stereocenters. The highest BCUT2D eigenvalue weighted by molar-refractivity contribution is 6.04. The predicted molar refractivity (Wildman–Crippen MR) is 74.3 cm³/mol. The van der Waals surface area contributed by atoms with Crippen LogP contribution in [0.5, 0.6) is 0 Å². The van der Waals surface area contributed by atoms with E-state index in [1.54, 1.807) is 0 Å². The van der Waals surface area contributed by atoms with Crippen molar-refractivity contribution in [3.05, 3.63) is 35.9 Å². The number of nitrogens with zero attached hydrogens (tertiary/aromatic N) is 1. The normalized spacial score (nSPS) is 23.4. The topological polar surface area (TPSA) is 70.9 Å². The van der Waals surface area contributed by atoms with Gasteiger partial charge in [0.15, 0.2) is 0 Å². The van der Waals surface area contributed by atoms with Gasteiger partial charge in [0.2, 0.25) is 6.10 Å². The van der Waals surface area contributed by atoms with Crippen molar-refractivity contribution in [1.82, 2.24) is 5.32 Å². The summed E-state index contributed by atoms with van der Waals surface area (Å²) in [4.78, 5) is 17.4. The van der Waals surface area contributed by atoms with Crippen LogP contribution in [0.25, 0.3) is 0 Å². The van der Waals surface area contributed by atoms with E-state index in [0.717, 1.165) is 30.5 Å². The average Bonchev–Trinajstić information content (AvgIpc) is 2.93. The number of hydrogen-bond acceptors (Lipinski definition) is 4. The molecule has 0 saturated heterocycles. The first-order valence-electron chi connectivity index (χ1n) is 6.93. The van der Waals surface area contributed by atoms with Crippen LogP contribution in [0.3, 0.4) is 0 Å². The van der Waals surface area contributed by atoms with Gasteiger partial charge in [-0.05, 0) is 24.8 Å². The van der Waals surface area contributed by atoms with E-state index in [-0.39, 0.29) is 12.5 Å². The quantitative estimate of drug-likeness (QED) is 0.867. The molecule has 5 nitrogen and oxygen atoms in total. The number of aliphatic hydroxyl groups is 1. The first-order chi connectivity index (χ1) is 9.72. The van der Waals surface area contributed by atoms with Crippen molar-refractivity contribution in [2.45, 2.75) is 37.3 Å². The average molecular weight is 274 g/mol. The van der Waals surface area contributed by atoms with E-state index in [9.17, 15) is 9.90 Å². The molecule has 20 heavy (non-hydrogen) atoms. The second-order valence-electron chi connectivity index (χ2n) is 5.48. The van der Waals surface area contributed by atoms with Gasteiger partial charge in [0.25, 0.3) is 5.91 Å². The molecule has 1 amide bonds. The van der Waals surface area contributed by atoms with Gasteiger partial charge in [0.1, 0.15) is 0 Å². The third-order valence-corrected chi connectivity index (χ3v) is 4.07. The number of nitrogens with one attached hydrogen (secondary N) is 1. The number of hydrogen-bond donors (Lipinski definition) is 2. The summed E-state index contributed by atoms with van der Waals surface area (Å²) >= 11 is 0. The zero-order chi connectivity index (χ0) is 14.0. The second-order valence-corrected chi connectivity index (χ2v) is 5.48. The maximum atomic E-state index is 12.2.